The highest BCUT2D eigenvalue weighted by atomic mass is 19.1. The van der Waals surface area contributed by atoms with Gasteiger partial charge in [-0.05, 0) is 61.0 Å². The summed E-state index contributed by atoms with van der Waals surface area (Å²) in [7, 11) is 0. The summed E-state index contributed by atoms with van der Waals surface area (Å²) in [5.41, 5.74) is 1.62. The number of aryl methyl sites for hydroxylation is 1. The van der Waals surface area contributed by atoms with Gasteiger partial charge < -0.3 is 19.2 Å². The Morgan fingerprint density at radius 3 is 2.59 bits per heavy atom. The Hall–Kier alpha value is -3.61. The number of amides is 1. The van der Waals surface area contributed by atoms with Gasteiger partial charge in [-0.3, -0.25) is 4.79 Å². The quantitative estimate of drug-likeness (QED) is 0.444. The molecule has 0 fully saturated rings. The summed E-state index contributed by atoms with van der Waals surface area (Å²) in [6.07, 6.45) is 1.90. The molecule has 1 amide bonds. The second-order valence-corrected chi connectivity index (χ2v) is 6.25. The highest BCUT2D eigenvalue weighted by molar-refractivity contribution is 6.03. The molecule has 6 nitrogen and oxygen atoms in total. The number of halogens is 1. The predicted octanol–water partition coefficient (Wildman–Crippen LogP) is 4.61. The second kappa shape index (κ2) is 9.54. The summed E-state index contributed by atoms with van der Waals surface area (Å²) in [4.78, 5) is 24.4. The van der Waals surface area contributed by atoms with Gasteiger partial charge >= 0.3 is 5.97 Å². The van der Waals surface area contributed by atoms with Crippen LogP contribution in [0, 0.1) is 12.7 Å². The maximum Gasteiger partial charge on any atom is 0.338 e. The van der Waals surface area contributed by atoms with Crippen LogP contribution in [0.5, 0.6) is 5.75 Å². The molecule has 150 valence electrons. The van der Waals surface area contributed by atoms with Gasteiger partial charge in [0.2, 0.25) is 0 Å². The summed E-state index contributed by atoms with van der Waals surface area (Å²) in [6, 6.07) is 13.8. The first-order valence-electron chi connectivity index (χ1n) is 9.04. The molecule has 0 aliphatic heterocycles. The second-order valence-electron chi connectivity index (χ2n) is 6.25. The highest BCUT2D eigenvalue weighted by Gasteiger charge is 2.13. The van der Waals surface area contributed by atoms with Gasteiger partial charge in [0.25, 0.3) is 5.91 Å². The smallest absolute Gasteiger partial charge is 0.338 e. The third-order valence-corrected chi connectivity index (χ3v) is 4.07. The third kappa shape index (κ3) is 5.68. The van der Waals surface area contributed by atoms with Gasteiger partial charge in [-0.25, -0.2) is 9.18 Å². The molecule has 3 rings (SSSR count). The van der Waals surface area contributed by atoms with E-state index in [0.29, 0.717) is 30.0 Å². The van der Waals surface area contributed by atoms with E-state index in [0.717, 1.165) is 5.56 Å². The van der Waals surface area contributed by atoms with E-state index in [2.05, 4.69) is 5.32 Å². The number of benzene rings is 2. The number of nitrogens with one attached hydrogen (secondary N) is 1. The molecule has 0 spiro atoms. The SMILES string of the molecule is Cc1ccc(C(=O)OCCCOc2ccc(F)cc2)cc1NC(=O)c1ccco1. The zero-order chi connectivity index (χ0) is 20.6. The molecular weight excluding hydrogens is 377 g/mol. The number of anilines is 1. The third-order valence-electron chi connectivity index (χ3n) is 4.07. The Kier molecular flexibility index (Phi) is 6.63. The van der Waals surface area contributed by atoms with Crippen LogP contribution < -0.4 is 10.1 Å². The lowest BCUT2D eigenvalue weighted by Gasteiger charge is -2.10. The molecule has 1 heterocycles. The number of furan rings is 1. The van der Waals surface area contributed by atoms with Crippen molar-refractivity contribution in [2.75, 3.05) is 18.5 Å². The van der Waals surface area contributed by atoms with Crippen LogP contribution in [0.1, 0.15) is 32.9 Å². The average molecular weight is 397 g/mol. The predicted molar refractivity (Wildman–Crippen MR) is 105 cm³/mol. The molecule has 29 heavy (non-hydrogen) atoms. The normalized spacial score (nSPS) is 10.4. The fourth-order valence-electron chi connectivity index (χ4n) is 2.50. The van der Waals surface area contributed by atoms with Gasteiger partial charge in [-0.1, -0.05) is 6.07 Å². The summed E-state index contributed by atoms with van der Waals surface area (Å²) in [5.74, 6) is -0.502. The van der Waals surface area contributed by atoms with Crippen molar-refractivity contribution in [1.82, 2.24) is 0 Å². The molecule has 0 unspecified atom stereocenters. The molecular formula is C22H20FNO5. The molecule has 0 saturated heterocycles. The minimum atomic E-state index is -0.500. The van der Waals surface area contributed by atoms with Crippen LogP contribution in [-0.2, 0) is 4.74 Å². The first-order chi connectivity index (χ1) is 14.0. The number of carbonyl (C=O) groups is 2. The van der Waals surface area contributed by atoms with Gasteiger partial charge in [-0.15, -0.1) is 0 Å². The fourth-order valence-corrected chi connectivity index (χ4v) is 2.50. The summed E-state index contributed by atoms with van der Waals surface area (Å²) < 4.78 is 28.6. The summed E-state index contributed by atoms with van der Waals surface area (Å²) in [5, 5.41) is 2.72. The number of esters is 1. The Labute approximate surface area is 167 Å². The molecule has 0 bridgehead atoms. The van der Waals surface area contributed by atoms with Crippen molar-refractivity contribution >= 4 is 17.6 Å². The highest BCUT2D eigenvalue weighted by Crippen LogP contribution is 2.19. The monoisotopic (exact) mass is 397 g/mol. The molecule has 0 radical (unpaired) electrons. The van der Waals surface area contributed by atoms with E-state index in [9.17, 15) is 14.0 Å². The maximum atomic E-state index is 12.8. The average Bonchev–Trinajstić information content (AvgIpc) is 3.25. The first-order valence-corrected chi connectivity index (χ1v) is 9.04. The number of rotatable bonds is 8. The molecule has 3 aromatic rings. The lowest BCUT2D eigenvalue weighted by molar-refractivity contribution is 0.0486. The Bertz CT molecular complexity index is 967. The standard InChI is InChI=1S/C22H20FNO5/c1-15-5-6-16(14-19(15)24-21(25)20-4-2-11-28-20)22(26)29-13-3-12-27-18-9-7-17(23)8-10-18/h2,4-11,14H,3,12-13H2,1H3,(H,24,25). The minimum Gasteiger partial charge on any atom is -0.493 e. The van der Waals surface area contributed by atoms with E-state index in [1.807, 2.05) is 6.92 Å². The molecule has 1 N–H and O–H groups in total. The van der Waals surface area contributed by atoms with Crippen LogP contribution in [0.3, 0.4) is 0 Å². The van der Waals surface area contributed by atoms with Gasteiger partial charge in [0.15, 0.2) is 5.76 Å². The van der Waals surface area contributed by atoms with Crippen molar-refractivity contribution in [3.05, 3.63) is 83.6 Å². The van der Waals surface area contributed by atoms with E-state index in [1.165, 1.54) is 30.5 Å². The van der Waals surface area contributed by atoms with Crippen molar-refractivity contribution in [2.24, 2.45) is 0 Å². The number of hydrogen-bond donors (Lipinski definition) is 1. The van der Waals surface area contributed by atoms with Crippen molar-refractivity contribution < 1.29 is 27.9 Å². The van der Waals surface area contributed by atoms with Gasteiger partial charge in [0, 0.05) is 12.1 Å². The van der Waals surface area contributed by atoms with Crippen LogP contribution in [0.2, 0.25) is 0 Å². The zero-order valence-electron chi connectivity index (χ0n) is 15.8. The van der Waals surface area contributed by atoms with E-state index >= 15 is 0 Å². The maximum absolute atomic E-state index is 12.8. The zero-order valence-corrected chi connectivity index (χ0v) is 15.8. The van der Waals surface area contributed by atoms with Gasteiger partial charge in [-0.2, -0.15) is 0 Å². The van der Waals surface area contributed by atoms with Crippen molar-refractivity contribution in [3.8, 4) is 5.75 Å². The number of hydrogen-bond acceptors (Lipinski definition) is 5. The van der Waals surface area contributed by atoms with E-state index in [4.69, 9.17) is 13.9 Å². The first kappa shape index (κ1) is 20.1. The van der Waals surface area contributed by atoms with Crippen LogP contribution in [0.4, 0.5) is 10.1 Å². The molecule has 2 aromatic carbocycles. The van der Waals surface area contributed by atoms with Crippen LogP contribution in [0.25, 0.3) is 0 Å². The molecule has 0 aliphatic carbocycles. The van der Waals surface area contributed by atoms with Crippen molar-refractivity contribution in [3.63, 3.8) is 0 Å². The number of ether oxygens (including phenoxy) is 2. The van der Waals surface area contributed by atoms with E-state index in [1.54, 1.807) is 30.3 Å². The summed E-state index contributed by atoms with van der Waals surface area (Å²) in [6.45, 7) is 2.32. The summed E-state index contributed by atoms with van der Waals surface area (Å²) >= 11 is 0. The topological polar surface area (TPSA) is 77.8 Å². The molecule has 0 aliphatic rings. The molecule has 7 heteroatoms. The minimum absolute atomic E-state index is 0.169. The van der Waals surface area contributed by atoms with Gasteiger partial charge in [0.05, 0.1) is 25.0 Å². The molecule has 0 saturated carbocycles. The largest absolute Gasteiger partial charge is 0.493 e. The fraction of sp³-hybridized carbons (Fsp3) is 0.182. The van der Waals surface area contributed by atoms with Crippen molar-refractivity contribution in [2.45, 2.75) is 13.3 Å². The Morgan fingerprint density at radius 1 is 1.07 bits per heavy atom. The molecule has 0 atom stereocenters. The number of carbonyl (C=O) groups excluding carboxylic acids is 2. The van der Waals surface area contributed by atoms with E-state index in [-0.39, 0.29) is 18.2 Å². The lowest BCUT2D eigenvalue weighted by Crippen LogP contribution is -2.13. The van der Waals surface area contributed by atoms with E-state index < -0.39 is 11.9 Å². The van der Waals surface area contributed by atoms with Crippen LogP contribution >= 0.6 is 0 Å². The van der Waals surface area contributed by atoms with Crippen LogP contribution in [0.15, 0.2) is 65.3 Å². The van der Waals surface area contributed by atoms with Gasteiger partial charge in [0.1, 0.15) is 11.6 Å². The lowest BCUT2D eigenvalue weighted by atomic mass is 10.1. The van der Waals surface area contributed by atoms with Crippen molar-refractivity contribution in [1.29, 1.82) is 0 Å². The molecule has 1 aromatic heterocycles. The van der Waals surface area contributed by atoms with Crippen LogP contribution in [-0.4, -0.2) is 25.1 Å². The Morgan fingerprint density at radius 2 is 1.86 bits per heavy atom. The Balaban J connectivity index is 1.48.